The van der Waals surface area contributed by atoms with Crippen molar-refractivity contribution in [3.8, 4) is 11.5 Å². The van der Waals surface area contributed by atoms with Crippen LogP contribution in [0.4, 0.5) is 0 Å². The van der Waals surface area contributed by atoms with Gasteiger partial charge in [-0.25, -0.2) is 0 Å². The number of carbonyl (C=O) groups is 1. The largest absolute Gasteiger partial charge is 0.496 e. The van der Waals surface area contributed by atoms with Crippen LogP contribution in [0.3, 0.4) is 0 Å². The van der Waals surface area contributed by atoms with Gasteiger partial charge in [-0.1, -0.05) is 6.07 Å². The first kappa shape index (κ1) is 18.6. The second-order valence-electron chi connectivity index (χ2n) is 8.62. The van der Waals surface area contributed by atoms with E-state index < -0.39 is 0 Å². The first-order valence-electron chi connectivity index (χ1n) is 10.3. The quantitative estimate of drug-likeness (QED) is 0.769. The summed E-state index contributed by atoms with van der Waals surface area (Å²) in [5.41, 5.74) is 2.06. The number of amides is 1. The minimum Gasteiger partial charge on any atom is -0.496 e. The van der Waals surface area contributed by atoms with Crippen molar-refractivity contribution in [1.29, 1.82) is 0 Å². The fraction of sp³-hybridized carbons (Fsp3) is 0.682. The first-order valence-corrected chi connectivity index (χ1v) is 10.3. The number of hydrogen-bond acceptors (Lipinski definition) is 4. The molecule has 1 aliphatic carbocycles. The molecule has 4 rings (SSSR count). The summed E-state index contributed by atoms with van der Waals surface area (Å²) in [7, 11) is 3.41. The lowest BCUT2D eigenvalue weighted by Gasteiger charge is -2.39. The SMILES string of the molecule is COc1ccc(CN2CCC3(CCCN(CC4CC4)C3=O)C2)c(OC)c1C. The normalized spacial score (nSPS) is 26.0. The summed E-state index contributed by atoms with van der Waals surface area (Å²) in [5.74, 6) is 2.95. The van der Waals surface area contributed by atoms with Gasteiger partial charge in [-0.3, -0.25) is 9.69 Å². The van der Waals surface area contributed by atoms with Crippen molar-refractivity contribution in [2.24, 2.45) is 11.3 Å². The number of nitrogens with zero attached hydrogens (tertiary/aromatic N) is 2. The van der Waals surface area contributed by atoms with Crippen molar-refractivity contribution in [1.82, 2.24) is 9.80 Å². The summed E-state index contributed by atoms with van der Waals surface area (Å²) >= 11 is 0. The van der Waals surface area contributed by atoms with Crippen LogP contribution in [0.2, 0.25) is 0 Å². The Morgan fingerprint density at radius 2 is 1.96 bits per heavy atom. The molecule has 5 heteroatoms. The highest BCUT2D eigenvalue weighted by Crippen LogP contribution is 2.42. The molecule has 3 fully saturated rings. The van der Waals surface area contributed by atoms with Gasteiger partial charge in [0.2, 0.25) is 5.91 Å². The molecule has 1 unspecified atom stereocenters. The van der Waals surface area contributed by atoms with E-state index in [-0.39, 0.29) is 5.41 Å². The van der Waals surface area contributed by atoms with Crippen LogP contribution < -0.4 is 9.47 Å². The van der Waals surface area contributed by atoms with Crippen molar-refractivity contribution in [3.63, 3.8) is 0 Å². The molecular formula is C22H32N2O3. The summed E-state index contributed by atoms with van der Waals surface area (Å²) in [6.07, 6.45) is 5.79. The lowest BCUT2D eigenvalue weighted by molar-refractivity contribution is -0.145. The fourth-order valence-electron chi connectivity index (χ4n) is 5.01. The molecule has 1 spiro atoms. The van der Waals surface area contributed by atoms with Crippen molar-refractivity contribution < 1.29 is 14.3 Å². The molecule has 2 saturated heterocycles. The number of ether oxygens (including phenoxy) is 2. The van der Waals surface area contributed by atoms with E-state index in [0.29, 0.717) is 5.91 Å². The van der Waals surface area contributed by atoms with Crippen molar-refractivity contribution in [2.75, 3.05) is 40.4 Å². The molecule has 1 amide bonds. The molecule has 0 radical (unpaired) electrons. The van der Waals surface area contributed by atoms with E-state index in [2.05, 4.69) is 15.9 Å². The number of rotatable bonds is 6. The summed E-state index contributed by atoms with van der Waals surface area (Å²) in [6, 6.07) is 4.11. The Morgan fingerprint density at radius 1 is 1.15 bits per heavy atom. The Bertz CT molecular complexity index is 716. The number of hydrogen-bond donors (Lipinski definition) is 0. The Labute approximate surface area is 162 Å². The molecule has 0 N–H and O–H groups in total. The van der Waals surface area contributed by atoms with Crippen molar-refractivity contribution in [3.05, 3.63) is 23.3 Å². The predicted molar refractivity (Wildman–Crippen MR) is 105 cm³/mol. The third-order valence-electron chi connectivity index (χ3n) is 6.69. The van der Waals surface area contributed by atoms with E-state index in [4.69, 9.17) is 9.47 Å². The van der Waals surface area contributed by atoms with Crippen LogP contribution in [0.1, 0.15) is 43.2 Å². The highest BCUT2D eigenvalue weighted by atomic mass is 16.5. The number of carbonyl (C=O) groups excluding carboxylic acids is 1. The Balaban J connectivity index is 1.46. The minimum absolute atomic E-state index is 0.151. The third kappa shape index (κ3) is 3.54. The average Bonchev–Trinajstić information content (AvgIpc) is 3.39. The molecule has 1 aromatic rings. The molecule has 1 atom stereocenters. The van der Waals surface area contributed by atoms with Crippen LogP contribution in [0.25, 0.3) is 0 Å². The van der Waals surface area contributed by atoms with Gasteiger partial charge in [-0.15, -0.1) is 0 Å². The lowest BCUT2D eigenvalue weighted by Crippen LogP contribution is -2.50. The molecule has 2 heterocycles. The van der Waals surface area contributed by atoms with E-state index in [1.54, 1.807) is 14.2 Å². The zero-order valence-corrected chi connectivity index (χ0v) is 16.9. The molecule has 27 heavy (non-hydrogen) atoms. The van der Waals surface area contributed by atoms with E-state index in [1.165, 1.54) is 18.4 Å². The standard InChI is InChI=1S/C22H32N2O3/c1-16-19(26-2)8-7-18(20(16)27-3)14-23-12-10-22(15-23)9-4-11-24(21(22)25)13-17-5-6-17/h7-8,17H,4-6,9-15H2,1-3H3. The van der Waals surface area contributed by atoms with E-state index in [0.717, 1.165) is 75.0 Å². The average molecular weight is 373 g/mol. The monoisotopic (exact) mass is 372 g/mol. The van der Waals surface area contributed by atoms with Crippen molar-refractivity contribution in [2.45, 2.75) is 45.6 Å². The number of benzene rings is 1. The van der Waals surface area contributed by atoms with E-state index in [1.807, 2.05) is 13.0 Å². The van der Waals surface area contributed by atoms with Crippen LogP contribution in [0.15, 0.2) is 12.1 Å². The molecule has 1 saturated carbocycles. The molecular weight excluding hydrogens is 340 g/mol. The van der Waals surface area contributed by atoms with Crippen LogP contribution in [-0.2, 0) is 11.3 Å². The zero-order valence-electron chi connectivity index (χ0n) is 16.9. The maximum absolute atomic E-state index is 13.2. The molecule has 1 aromatic carbocycles. The summed E-state index contributed by atoms with van der Waals surface area (Å²) in [6.45, 7) is 6.67. The Kier molecular flexibility index (Phi) is 5.06. The van der Waals surface area contributed by atoms with Crippen LogP contribution in [0.5, 0.6) is 11.5 Å². The maximum Gasteiger partial charge on any atom is 0.230 e. The summed E-state index contributed by atoms with van der Waals surface area (Å²) in [5, 5.41) is 0. The van der Waals surface area contributed by atoms with Gasteiger partial charge in [0.15, 0.2) is 0 Å². The maximum atomic E-state index is 13.2. The summed E-state index contributed by atoms with van der Waals surface area (Å²) in [4.78, 5) is 17.8. The van der Waals surface area contributed by atoms with Gasteiger partial charge >= 0.3 is 0 Å². The smallest absolute Gasteiger partial charge is 0.230 e. The second kappa shape index (κ2) is 7.34. The Hall–Kier alpha value is -1.75. The van der Waals surface area contributed by atoms with E-state index >= 15 is 0 Å². The second-order valence-corrected chi connectivity index (χ2v) is 8.62. The van der Waals surface area contributed by atoms with Gasteiger partial charge in [0.25, 0.3) is 0 Å². The number of piperidine rings is 1. The predicted octanol–water partition coefficient (Wildman–Crippen LogP) is 3.24. The highest BCUT2D eigenvalue weighted by Gasteiger charge is 2.48. The van der Waals surface area contributed by atoms with E-state index in [9.17, 15) is 4.79 Å². The summed E-state index contributed by atoms with van der Waals surface area (Å²) < 4.78 is 11.1. The van der Waals surface area contributed by atoms with Gasteiger partial charge < -0.3 is 14.4 Å². The Morgan fingerprint density at radius 3 is 2.67 bits per heavy atom. The molecule has 2 aliphatic heterocycles. The van der Waals surface area contributed by atoms with Gasteiger partial charge in [0.05, 0.1) is 19.6 Å². The van der Waals surface area contributed by atoms with Gasteiger partial charge in [0.1, 0.15) is 11.5 Å². The lowest BCUT2D eigenvalue weighted by atomic mass is 9.78. The first-order chi connectivity index (χ1) is 13.1. The van der Waals surface area contributed by atoms with Crippen LogP contribution >= 0.6 is 0 Å². The van der Waals surface area contributed by atoms with Gasteiger partial charge in [0, 0.05) is 37.3 Å². The highest BCUT2D eigenvalue weighted by molar-refractivity contribution is 5.84. The number of methoxy groups -OCH3 is 2. The number of likely N-dealkylation sites (tertiary alicyclic amines) is 2. The topological polar surface area (TPSA) is 42.0 Å². The van der Waals surface area contributed by atoms with Gasteiger partial charge in [-0.05, 0) is 57.6 Å². The molecule has 148 valence electrons. The minimum atomic E-state index is -0.151. The van der Waals surface area contributed by atoms with Crippen LogP contribution in [-0.4, -0.2) is 56.1 Å². The molecule has 0 aromatic heterocycles. The third-order valence-corrected chi connectivity index (χ3v) is 6.69. The molecule has 0 bridgehead atoms. The molecule has 3 aliphatic rings. The zero-order chi connectivity index (χ0) is 19.0. The van der Waals surface area contributed by atoms with Gasteiger partial charge in [-0.2, -0.15) is 0 Å². The molecule has 5 nitrogen and oxygen atoms in total. The van der Waals surface area contributed by atoms with Crippen LogP contribution in [0, 0.1) is 18.3 Å². The fourth-order valence-corrected chi connectivity index (χ4v) is 5.01. The van der Waals surface area contributed by atoms with Crippen molar-refractivity contribution >= 4 is 5.91 Å².